The molecule has 64 valence electrons. The highest BCUT2D eigenvalue weighted by Gasteiger charge is 1.89. The summed E-state index contributed by atoms with van der Waals surface area (Å²) in [6.07, 6.45) is 3.96. The predicted molar refractivity (Wildman–Crippen MR) is 53.8 cm³/mol. The van der Waals surface area contributed by atoms with Crippen LogP contribution in [0.4, 0.5) is 4.39 Å². The molecular formula is C10H10BrF. The first-order chi connectivity index (χ1) is 5.68. The van der Waals surface area contributed by atoms with Crippen molar-refractivity contribution in [3.8, 4) is 0 Å². The number of allylic oxidation sites excluding steroid dienone is 1. The Kier molecular flexibility index (Phi) is 3.48. The van der Waals surface area contributed by atoms with Crippen LogP contribution in [0, 0.1) is 5.82 Å². The fourth-order valence-corrected chi connectivity index (χ4v) is 0.970. The van der Waals surface area contributed by atoms with Gasteiger partial charge in [-0.1, -0.05) is 40.2 Å². The van der Waals surface area contributed by atoms with Crippen molar-refractivity contribution in [1.82, 2.24) is 0 Å². The van der Waals surface area contributed by atoms with Crippen molar-refractivity contribution in [3.63, 3.8) is 0 Å². The third kappa shape index (κ3) is 3.18. The average Bonchev–Trinajstić information content (AvgIpc) is 2.03. The van der Waals surface area contributed by atoms with Crippen LogP contribution in [0.3, 0.4) is 0 Å². The summed E-state index contributed by atoms with van der Waals surface area (Å²) in [7, 11) is 0. The molecule has 0 amide bonds. The second kappa shape index (κ2) is 4.41. The van der Waals surface area contributed by atoms with Crippen molar-refractivity contribution in [2.75, 3.05) is 0 Å². The fourth-order valence-electron chi connectivity index (χ4n) is 0.818. The van der Waals surface area contributed by atoms with Gasteiger partial charge in [0, 0.05) is 4.83 Å². The molecule has 0 aliphatic carbocycles. The Bertz CT molecular complexity index is 262. The molecule has 12 heavy (non-hydrogen) atoms. The molecule has 1 aromatic rings. The van der Waals surface area contributed by atoms with Crippen molar-refractivity contribution in [3.05, 3.63) is 41.7 Å². The molecule has 1 rings (SSSR count). The zero-order valence-electron chi connectivity index (χ0n) is 6.80. The summed E-state index contributed by atoms with van der Waals surface area (Å²) < 4.78 is 12.5. The Balaban J connectivity index is 2.71. The molecule has 0 aliphatic heterocycles. The smallest absolute Gasteiger partial charge is 0.123 e. The maximum absolute atomic E-state index is 12.5. The van der Waals surface area contributed by atoms with Gasteiger partial charge in [-0.05, 0) is 24.6 Å². The van der Waals surface area contributed by atoms with E-state index in [9.17, 15) is 4.39 Å². The van der Waals surface area contributed by atoms with Crippen molar-refractivity contribution in [2.24, 2.45) is 0 Å². The van der Waals surface area contributed by atoms with E-state index in [1.165, 1.54) is 12.1 Å². The number of halogens is 2. The summed E-state index contributed by atoms with van der Waals surface area (Å²) in [6.45, 7) is 2.03. The molecule has 0 nitrogen and oxygen atoms in total. The van der Waals surface area contributed by atoms with Gasteiger partial charge in [0.1, 0.15) is 5.82 Å². The molecule has 0 bridgehead atoms. The molecular weight excluding hydrogens is 219 g/mol. The molecule has 0 radical (unpaired) electrons. The molecule has 0 N–H and O–H groups in total. The Morgan fingerprint density at radius 2 is 1.92 bits per heavy atom. The van der Waals surface area contributed by atoms with Crippen LogP contribution in [0.15, 0.2) is 30.3 Å². The van der Waals surface area contributed by atoms with Gasteiger partial charge in [0.25, 0.3) is 0 Å². The number of hydrogen-bond acceptors (Lipinski definition) is 0. The van der Waals surface area contributed by atoms with E-state index in [-0.39, 0.29) is 5.82 Å². The van der Waals surface area contributed by atoms with E-state index in [1.807, 2.05) is 19.1 Å². The third-order valence-electron chi connectivity index (χ3n) is 1.42. The minimum absolute atomic E-state index is 0.195. The largest absolute Gasteiger partial charge is 0.207 e. The number of alkyl halides is 1. The van der Waals surface area contributed by atoms with Crippen LogP contribution in [0.1, 0.15) is 12.5 Å². The zero-order chi connectivity index (χ0) is 8.97. The summed E-state index contributed by atoms with van der Waals surface area (Å²) in [4.78, 5) is 0.350. The highest BCUT2D eigenvalue weighted by Crippen LogP contribution is 2.07. The van der Waals surface area contributed by atoms with Crippen LogP contribution in [0.5, 0.6) is 0 Å². The summed E-state index contributed by atoms with van der Waals surface area (Å²) >= 11 is 3.39. The summed E-state index contributed by atoms with van der Waals surface area (Å²) in [5, 5.41) is 0. The van der Waals surface area contributed by atoms with E-state index in [4.69, 9.17) is 0 Å². The Morgan fingerprint density at radius 3 is 2.42 bits per heavy atom. The first-order valence-corrected chi connectivity index (χ1v) is 4.68. The lowest BCUT2D eigenvalue weighted by Crippen LogP contribution is -1.80. The van der Waals surface area contributed by atoms with Crippen molar-refractivity contribution < 1.29 is 4.39 Å². The summed E-state index contributed by atoms with van der Waals surface area (Å²) in [5.74, 6) is -0.195. The van der Waals surface area contributed by atoms with E-state index in [0.29, 0.717) is 4.83 Å². The normalized spacial score (nSPS) is 13.6. The van der Waals surface area contributed by atoms with E-state index in [2.05, 4.69) is 15.9 Å². The minimum Gasteiger partial charge on any atom is -0.207 e. The van der Waals surface area contributed by atoms with Crippen LogP contribution in [-0.2, 0) is 0 Å². The molecule has 1 atom stereocenters. The van der Waals surface area contributed by atoms with Crippen LogP contribution in [0.25, 0.3) is 6.08 Å². The van der Waals surface area contributed by atoms with E-state index in [1.54, 1.807) is 12.1 Å². The highest BCUT2D eigenvalue weighted by molar-refractivity contribution is 9.09. The van der Waals surface area contributed by atoms with Gasteiger partial charge in [0.15, 0.2) is 0 Å². The van der Waals surface area contributed by atoms with Gasteiger partial charge in [-0.3, -0.25) is 0 Å². The minimum atomic E-state index is -0.195. The molecule has 1 aromatic carbocycles. The van der Waals surface area contributed by atoms with Crippen molar-refractivity contribution >= 4 is 22.0 Å². The van der Waals surface area contributed by atoms with Gasteiger partial charge >= 0.3 is 0 Å². The first-order valence-electron chi connectivity index (χ1n) is 3.76. The van der Waals surface area contributed by atoms with Gasteiger partial charge in [0.05, 0.1) is 0 Å². The highest BCUT2D eigenvalue weighted by atomic mass is 79.9. The van der Waals surface area contributed by atoms with Gasteiger partial charge in [0.2, 0.25) is 0 Å². The van der Waals surface area contributed by atoms with E-state index in [0.717, 1.165) is 5.56 Å². The summed E-state index contributed by atoms with van der Waals surface area (Å²) in [5.41, 5.74) is 1.02. The molecule has 0 aliphatic rings. The molecule has 0 spiro atoms. The van der Waals surface area contributed by atoms with E-state index >= 15 is 0 Å². The van der Waals surface area contributed by atoms with Crippen LogP contribution in [-0.4, -0.2) is 4.83 Å². The SMILES string of the molecule is CC(Br)/C=C/c1ccc(F)cc1. The monoisotopic (exact) mass is 228 g/mol. The lowest BCUT2D eigenvalue weighted by Gasteiger charge is -1.94. The average molecular weight is 229 g/mol. The Morgan fingerprint density at radius 1 is 1.33 bits per heavy atom. The van der Waals surface area contributed by atoms with Crippen LogP contribution >= 0.6 is 15.9 Å². The van der Waals surface area contributed by atoms with Crippen molar-refractivity contribution in [2.45, 2.75) is 11.8 Å². The second-order valence-electron chi connectivity index (χ2n) is 2.59. The third-order valence-corrected chi connectivity index (χ3v) is 1.73. The number of benzene rings is 1. The van der Waals surface area contributed by atoms with Crippen LogP contribution < -0.4 is 0 Å². The lowest BCUT2D eigenvalue weighted by molar-refractivity contribution is 0.628. The molecule has 2 heteroatoms. The van der Waals surface area contributed by atoms with Crippen LogP contribution in [0.2, 0.25) is 0 Å². The first kappa shape index (κ1) is 9.46. The molecule has 1 unspecified atom stereocenters. The maximum Gasteiger partial charge on any atom is 0.123 e. The Labute approximate surface area is 80.2 Å². The van der Waals surface area contributed by atoms with Gasteiger partial charge < -0.3 is 0 Å². The molecule has 0 fully saturated rings. The molecule has 0 saturated heterocycles. The number of rotatable bonds is 2. The standard InChI is InChI=1S/C10H10BrF/c1-8(11)2-3-9-4-6-10(12)7-5-9/h2-8H,1H3/b3-2+. The van der Waals surface area contributed by atoms with Gasteiger partial charge in [-0.25, -0.2) is 4.39 Å². The molecule has 0 aromatic heterocycles. The maximum atomic E-state index is 12.5. The van der Waals surface area contributed by atoms with Crippen molar-refractivity contribution in [1.29, 1.82) is 0 Å². The van der Waals surface area contributed by atoms with E-state index < -0.39 is 0 Å². The zero-order valence-corrected chi connectivity index (χ0v) is 8.38. The Hall–Kier alpha value is -0.630. The quantitative estimate of drug-likeness (QED) is 0.679. The predicted octanol–water partition coefficient (Wildman–Crippen LogP) is 3.62. The van der Waals surface area contributed by atoms with Gasteiger partial charge in [-0.2, -0.15) is 0 Å². The fraction of sp³-hybridized carbons (Fsp3) is 0.200. The molecule has 0 saturated carbocycles. The topological polar surface area (TPSA) is 0 Å². The number of hydrogen-bond donors (Lipinski definition) is 0. The summed E-state index contributed by atoms with van der Waals surface area (Å²) in [6, 6.07) is 6.42. The second-order valence-corrected chi connectivity index (χ2v) is 4.03. The molecule has 0 heterocycles. The lowest BCUT2D eigenvalue weighted by atomic mass is 10.2. The van der Waals surface area contributed by atoms with Gasteiger partial charge in [-0.15, -0.1) is 0 Å².